The average Bonchev–Trinajstić information content (AvgIpc) is 3.22. The minimum Gasteiger partial charge on any atom is -0.376 e. The van der Waals surface area contributed by atoms with Crippen molar-refractivity contribution in [2.45, 2.75) is 50.6 Å². The van der Waals surface area contributed by atoms with Gasteiger partial charge in [-0.05, 0) is 30.9 Å². The zero-order chi connectivity index (χ0) is 20.2. The van der Waals surface area contributed by atoms with Crippen LogP contribution in [0.4, 0.5) is 0 Å². The molecule has 29 heavy (non-hydrogen) atoms. The summed E-state index contributed by atoms with van der Waals surface area (Å²) in [6.45, 7) is 9.67. The SMILES string of the molecule is CC(C)CN1CCO[C@@H](CSc2nc3ccccc3c(=O)n2C[C@@H]2CCCO2)C1. The Balaban J connectivity index is 1.53. The Morgan fingerprint density at radius 3 is 2.83 bits per heavy atom. The van der Waals surface area contributed by atoms with Gasteiger partial charge in [-0.1, -0.05) is 37.7 Å². The third kappa shape index (κ3) is 5.20. The molecule has 1 aromatic carbocycles. The van der Waals surface area contributed by atoms with Crippen LogP contribution < -0.4 is 5.56 Å². The summed E-state index contributed by atoms with van der Waals surface area (Å²) in [4.78, 5) is 20.5. The van der Waals surface area contributed by atoms with Gasteiger partial charge in [0.2, 0.25) is 0 Å². The normalized spacial score (nSPS) is 23.3. The molecule has 0 bridgehead atoms. The summed E-state index contributed by atoms with van der Waals surface area (Å²) in [6, 6.07) is 7.60. The molecule has 0 amide bonds. The van der Waals surface area contributed by atoms with Crippen LogP contribution in [0, 0.1) is 5.92 Å². The van der Waals surface area contributed by atoms with E-state index in [1.54, 1.807) is 11.8 Å². The number of fused-ring (bicyclic) bond motifs is 1. The number of para-hydroxylation sites is 1. The molecule has 2 saturated heterocycles. The maximum atomic E-state index is 13.2. The smallest absolute Gasteiger partial charge is 0.262 e. The largest absolute Gasteiger partial charge is 0.376 e. The molecule has 0 spiro atoms. The number of rotatable bonds is 7. The number of benzene rings is 1. The minimum atomic E-state index is 0.0274. The van der Waals surface area contributed by atoms with Crippen molar-refractivity contribution in [3.8, 4) is 0 Å². The zero-order valence-corrected chi connectivity index (χ0v) is 18.2. The Kier molecular flexibility index (Phi) is 6.90. The van der Waals surface area contributed by atoms with Gasteiger partial charge in [-0.3, -0.25) is 14.3 Å². The standard InChI is InChI=1S/C22H31N3O3S/c1-16(2)12-24-9-11-28-18(13-24)15-29-22-23-20-8-4-3-7-19(20)21(26)25(22)14-17-6-5-10-27-17/h3-4,7-8,16-18H,5-6,9-15H2,1-2H3/t17-,18+/m0/s1. The Morgan fingerprint density at radius 2 is 2.03 bits per heavy atom. The van der Waals surface area contributed by atoms with Gasteiger partial charge in [0.05, 0.1) is 36.3 Å². The number of thioether (sulfide) groups is 1. The molecular formula is C22H31N3O3S. The number of nitrogens with zero attached hydrogens (tertiary/aromatic N) is 3. The molecule has 0 N–H and O–H groups in total. The van der Waals surface area contributed by atoms with Crippen molar-refractivity contribution in [3.05, 3.63) is 34.6 Å². The lowest BCUT2D eigenvalue weighted by atomic mass is 10.2. The van der Waals surface area contributed by atoms with Crippen LogP contribution in [0.15, 0.2) is 34.2 Å². The fraction of sp³-hybridized carbons (Fsp3) is 0.636. The summed E-state index contributed by atoms with van der Waals surface area (Å²) in [5.41, 5.74) is 0.786. The van der Waals surface area contributed by atoms with Gasteiger partial charge in [0, 0.05) is 32.0 Å². The fourth-order valence-electron chi connectivity index (χ4n) is 4.14. The van der Waals surface area contributed by atoms with Crippen LogP contribution in [0.1, 0.15) is 26.7 Å². The zero-order valence-electron chi connectivity index (χ0n) is 17.4. The Morgan fingerprint density at radius 1 is 1.21 bits per heavy atom. The second-order valence-corrected chi connectivity index (χ2v) is 9.41. The van der Waals surface area contributed by atoms with Gasteiger partial charge in [-0.15, -0.1) is 0 Å². The predicted octanol–water partition coefficient (Wildman–Crippen LogP) is 3.02. The quantitative estimate of drug-likeness (QED) is 0.510. The summed E-state index contributed by atoms with van der Waals surface area (Å²) in [5, 5.41) is 1.45. The molecule has 0 saturated carbocycles. The fourth-order valence-corrected chi connectivity index (χ4v) is 5.15. The second kappa shape index (κ2) is 9.60. The van der Waals surface area contributed by atoms with Gasteiger partial charge in [-0.25, -0.2) is 4.98 Å². The van der Waals surface area contributed by atoms with E-state index in [0.29, 0.717) is 17.8 Å². The average molecular weight is 418 g/mol. The highest BCUT2D eigenvalue weighted by Gasteiger charge is 2.24. The lowest BCUT2D eigenvalue weighted by Crippen LogP contribution is -2.45. The summed E-state index contributed by atoms with van der Waals surface area (Å²) >= 11 is 1.63. The maximum Gasteiger partial charge on any atom is 0.262 e. The van der Waals surface area contributed by atoms with Crippen molar-refractivity contribution in [1.29, 1.82) is 0 Å². The van der Waals surface area contributed by atoms with E-state index in [9.17, 15) is 4.79 Å². The molecule has 2 aliphatic rings. The van der Waals surface area contributed by atoms with Gasteiger partial charge in [0.15, 0.2) is 5.16 Å². The molecule has 3 heterocycles. The van der Waals surface area contributed by atoms with Gasteiger partial charge in [-0.2, -0.15) is 0 Å². The number of hydrogen-bond acceptors (Lipinski definition) is 6. The summed E-state index contributed by atoms with van der Waals surface area (Å²) in [5.74, 6) is 1.45. The number of hydrogen-bond donors (Lipinski definition) is 0. The topological polar surface area (TPSA) is 56.6 Å². The molecule has 0 unspecified atom stereocenters. The van der Waals surface area contributed by atoms with Crippen molar-refractivity contribution in [1.82, 2.24) is 14.5 Å². The predicted molar refractivity (Wildman–Crippen MR) is 117 cm³/mol. The molecule has 0 radical (unpaired) electrons. The third-order valence-corrected chi connectivity index (χ3v) is 6.59. The molecule has 4 rings (SSSR count). The molecule has 7 heteroatoms. The molecular weight excluding hydrogens is 386 g/mol. The second-order valence-electron chi connectivity index (χ2n) is 8.42. The highest BCUT2D eigenvalue weighted by Crippen LogP contribution is 2.23. The summed E-state index contributed by atoms with van der Waals surface area (Å²) in [6.07, 6.45) is 2.32. The molecule has 6 nitrogen and oxygen atoms in total. The Hall–Kier alpha value is -1.41. The number of ether oxygens (including phenoxy) is 2. The van der Waals surface area contributed by atoms with E-state index in [-0.39, 0.29) is 17.8 Å². The Bertz CT molecular complexity index is 879. The van der Waals surface area contributed by atoms with Gasteiger partial charge < -0.3 is 9.47 Å². The maximum absolute atomic E-state index is 13.2. The lowest BCUT2D eigenvalue weighted by Gasteiger charge is -2.33. The van der Waals surface area contributed by atoms with Crippen LogP contribution in [-0.4, -0.2) is 65.3 Å². The molecule has 2 atom stereocenters. The van der Waals surface area contributed by atoms with Gasteiger partial charge >= 0.3 is 0 Å². The minimum absolute atomic E-state index is 0.0274. The van der Waals surface area contributed by atoms with E-state index >= 15 is 0 Å². The molecule has 2 fully saturated rings. The van der Waals surface area contributed by atoms with E-state index in [1.807, 2.05) is 28.8 Å². The summed E-state index contributed by atoms with van der Waals surface area (Å²) < 4.78 is 13.6. The van der Waals surface area contributed by atoms with Gasteiger partial charge in [0.25, 0.3) is 5.56 Å². The van der Waals surface area contributed by atoms with Crippen molar-refractivity contribution in [2.75, 3.05) is 38.6 Å². The first-order valence-electron chi connectivity index (χ1n) is 10.7. The molecule has 1 aromatic heterocycles. The van der Waals surface area contributed by atoms with E-state index in [1.165, 1.54) is 0 Å². The molecule has 158 valence electrons. The van der Waals surface area contributed by atoms with Gasteiger partial charge in [0.1, 0.15) is 0 Å². The number of aromatic nitrogens is 2. The first kappa shape index (κ1) is 20.8. The lowest BCUT2D eigenvalue weighted by molar-refractivity contribution is -0.0191. The van der Waals surface area contributed by atoms with Crippen LogP contribution >= 0.6 is 11.8 Å². The van der Waals surface area contributed by atoms with Crippen molar-refractivity contribution < 1.29 is 9.47 Å². The van der Waals surface area contributed by atoms with E-state index in [0.717, 1.165) is 62.1 Å². The highest BCUT2D eigenvalue weighted by atomic mass is 32.2. The van der Waals surface area contributed by atoms with Crippen LogP contribution in [0.3, 0.4) is 0 Å². The van der Waals surface area contributed by atoms with Crippen molar-refractivity contribution in [3.63, 3.8) is 0 Å². The summed E-state index contributed by atoms with van der Waals surface area (Å²) in [7, 11) is 0. The van der Waals surface area contributed by atoms with Crippen molar-refractivity contribution in [2.24, 2.45) is 5.92 Å². The molecule has 0 aliphatic carbocycles. The third-order valence-electron chi connectivity index (χ3n) is 5.48. The van der Waals surface area contributed by atoms with Crippen LogP contribution in [0.2, 0.25) is 0 Å². The van der Waals surface area contributed by atoms with E-state index in [4.69, 9.17) is 14.5 Å². The van der Waals surface area contributed by atoms with Crippen LogP contribution in [0.5, 0.6) is 0 Å². The van der Waals surface area contributed by atoms with E-state index in [2.05, 4.69) is 18.7 Å². The first-order valence-corrected chi connectivity index (χ1v) is 11.7. The van der Waals surface area contributed by atoms with Crippen LogP contribution in [0.25, 0.3) is 10.9 Å². The van der Waals surface area contributed by atoms with E-state index < -0.39 is 0 Å². The van der Waals surface area contributed by atoms with Crippen molar-refractivity contribution >= 4 is 22.7 Å². The number of morpholine rings is 1. The highest BCUT2D eigenvalue weighted by molar-refractivity contribution is 7.99. The molecule has 2 aliphatic heterocycles. The first-order chi connectivity index (χ1) is 14.1. The molecule has 2 aromatic rings. The monoisotopic (exact) mass is 417 g/mol. The van der Waals surface area contributed by atoms with Crippen LogP contribution in [-0.2, 0) is 16.0 Å². The Labute approximate surface area is 176 Å².